The number of fused-ring (bicyclic) bond motifs is 2. The monoisotopic (exact) mass is 451 g/mol. The van der Waals surface area contributed by atoms with E-state index in [9.17, 15) is 20.1 Å². The molecule has 166 valence electrons. The highest BCUT2D eigenvalue weighted by atomic mass is 16.3. The lowest BCUT2D eigenvalue weighted by molar-refractivity contribution is 0.388. The molecule has 0 aliphatic carbocycles. The molecule has 6 rings (SSSR count). The van der Waals surface area contributed by atoms with Crippen LogP contribution in [0.4, 0.5) is 0 Å². The van der Waals surface area contributed by atoms with E-state index in [0.717, 1.165) is 5.52 Å². The second kappa shape index (κ2) is 7.28. The Morgan fingerprint density at radius 3 is 2.56 bits per heavy atom. The van der Waals surface area contributed by atoms with Gasteiger partial charge in [-0.3, -0.25) is 9.36 Å². The zero-order chi connectivity index (χ0) is 23.4. The largest absolute Gasteiger partial charge is 0.508 e. The maximum absolute atomic E-state index is 13.5. The normalized spacial score (nSPS) is 11.4. The van der Waals surface area contributed by atoms with Crippen LogP contribution in [0.25, 0.3) is 50.1 Å². The van der Waals surface area contributed by atoms with E-state index in [2.05, 4.69) is 9.97 Å². The number of phenolic OH excluding ortho intramolecular Hbond substituents is 1. The van der Waals surface area contributed by atoms with Gasteiger partial charge in [0.15, 0.2) is 5.75 Å². The summed E-state index contributed by atoms with van der Waals surface area (Å²) in [6.07, 6.45) is 2.89. The van der Waals surface area contributed by atoms with Crippen molar-refractivity contribution in [1.82, 2.24) is 14.5 Å². The maximum atomic E-state index is 13.5. The van der Waals surface area contributed by atoms with Crippen LogP contribution in [0.5, 0.6) is 17.4 Å². The molecular formula is C26H17N3O5. The Labute approximate surface area is 191 Å². The van der Waals surface area contributed by atoms with Gasteiger partial charge in [0.2, 0.25) is 11.3 Å². The molecule has 0 aliphatic heterocycles. The number of aromatic hydroxyl groups is 3. The molecule has 0 atom stereocenters. The SMILES string of the molecule is O=c1c(-c2c(-c3ccc(O)cc3)c(O)c(O)n2-c2ccc3nc[nH]c3c2)coc2ccccc12. The fourth-order valence-corrected chi connectivity index (χ4v) is 4.26. The Morgan fingerprint density at radius 2 is 1.74 bits per heavy atom. The highest BCUT2D eigenvalue weighted by Crippen LogP contribution is 2.48. The van der Waals surface area contributed by atoms with E-state index >= 15 is 0 Å². The third-order valence-corrected chi connectivity index (χ3v) is 5.87. The lowest BCUT2D eigenvalue weighted by atomic mass is 10.0. The van der Waals surface area contributed by atoms with E-state index in [1.54, 1.807) is 60.9 Å². The minimum atomic E-state index is -0.440. The summed E-state index contributed by atoms with van der Waals surface area (Å²) < 4.78 is 7.15. The molecule has 8 nitrogen and oxygen atoms in total. The number of imidazole rings is 1. The molecule has 0 saturated heterocycles. The van der Waals surface area contributed by atoms with E-state index in [-0.39, 0.29) is 28.0 Å². The van der Waals surface area contributed by atoms with Crippen molar-refractivity contribution < 1.29 is 19.7 Å². The van der Waals surface area contributed by atoms with E-state index in [4.69, 9.17) is 4.42 Å². The minimum absolute atomic E-state index is 0.0448. The Morgan fingerprint density at radius 1 is 0.941 bits per heavy atom. The zero-order valence-electron chi connectivity index (χ0n) is 17.6. The molecule has 0 spiro atoms. The van der Waals surface area contributed by atoms with Crippen molar-refractivity contribution in [2.24, 2.45) is 0 Å². The van der Waals surface area contributed by atoms with E-state index in [1.165, 1.54) is 23.0 Å². The maximum Gasteiger partial charge on any atom is 0.240 e. The van der Waals surface area contributed by atoms with Crippen LogP contribution in [0.2, 0.25) is 0 Å². The highest BCUT2D eigenvalue weighted by Gasteiger charge is 2.28. The molecule has 0 radical (unpaired) electrons. The lowest BCUT2D eigenvalue weighted by Gasteiger charge is -2.12. The van der Waals surface area contributed by atoms with Crippen molar-refractivity contribution in [2.45, 2.75) is 0 Å². The van der Waals surface area contributed by atoms with E-state index < -0.39 is 11.6 Å². The molecule has 0 aliphatic rings. The van der Waals surface area contributed by atoms with Crippen molar-refractivity contribution in [1.29, 1.82) is 0 Å². The third kappa shape index (κ3) is 2.86. The predicted octanol–water partition coefficient (Wildman–Crippen LogP) is 4.91. The van der Waals surface area contributed by atoms with Crippen LogP contribution in [0.1, 0.15) is 0 Å². The topological polar surface area (TPSA) is 125 Å². The van der Waals surface area contributed by atoms with Crippen LogP contribution in [-0.4, -0.2) is 29.9 Å². The molecule has 34 heavy (non-hydrogen) atoms. The predicted molar refractivity (Wildman–Crippen MR) is 127 cm³/mol. The van der Waals surface area contributed by atoms with Gasteiger partial charge in [-0.25, -0.2) is 4.98 Å². The quantitative estimate of drug-likeness (QED) is 0.303. The summed E-state index contributed by atoms with van der Waals surface area (Å²) in [6.45, 7) is 0. The summed E-state index contributed by atoms with van der Waals surface area (Å²) in [5, 5.41) is 32.2. The lowest BCUT2D eigenvalue weighted by Crippen LogP contribution is -2.08. The van der Waals surface area contributed by atoms with Gasteiger partial charge in [0.25, 0.3) is 0 Å². The average molecular weight is 451 g/mol. The van der Waals surface area contributed by atoms with E-state index in [0.29, 0.717) is 27.7 Å². The number of aromatic amines is 1. The molecule has 0 fully saturated rings. The summed E-state index contributed by atoms with van der Waals surface area (Å²) in [4.78, 5) is 20.8. The van der Waals surface area contributed by atoms with Crippen LogP contribution in [0, 0.1) is 0 Å². The third-order valence-electron chi connectivity index (χ3n) is 5.87. The first-order valence-electron chi connectivity index (χ1n) is 10.4. The number of nitrogens with one attached hydrogen (secondary N) is 1. The molecular weight excluding hydrogens is 434 g/mol. The number of hydrogen-bond acceptors (Lipinski definition) is 6. The highest BCUT2D eigenvalue weighted by molar-refractivity contribution is 5.93. The first kappa shape index (κ1) is 19.7. The van der Waals surface area contributed by atoms with Crippen molar-refractivity contribution in [3.63, 3.8) is 0 Å². The zero-order valence-corrected chi connectivity index (χ0v) is 17.6. The van der Waals surface area contributed by atoms with Crippen molar-refractivity contribution in [2.75, 3.05) is 0 Å². The molecule has 0 unspecified atom stereocenters. The summed E-state index contributed by atoms with van der Waals surface area (Å²) in [7, 11) is 0. The number of rotatable bonds is 3. The summed E-state index contributed by atoms with van der Waals surface area (Å²) in [5.41, 5.74) is 3.17. The van der Waals surface area contributed by atoms with Crippen molar-refractivity contribution in [3.8, 4) is 45.5 Å². The number of H-pyrrole nitrogens is 1. The van der Waals surface area contributed by atoms with Gasteiger partial charge < -0.3 is 24.7 Å². The van der Waals surface area contributed by atoms with Crippen LogP contribution < -0.4 is 5.43 Å². The molecule has 8 heteroatoms. The molecule has 3 heterocycles. The van der Waals surface area contributed by atoms with Gasteiger partial charge in [0.1, 0.15) is 17.6 Å². The van der Waals surface area contributed by atoms with Crippen molar-refractivity contribution >= 4 is 22.0 Å². The average Bonchev–Trinajstić information content (AvgIpc) is 3.42. The second-order valence-electron chi connectivity index (χ2n) is 7.86. The van der Waals surface area contributed by atoms with E-state index in [1.807, 2.05) is 0 Å². The van der Waals surface area contributed by atoms with Gasteiger partial charge in [-0.2, -0.15) is 0 Å². The van der Waals surface area contributed by atoms with Crippen LogP contribution >= 0.6 is 0 Å². The number of para-hydroxylation sites is 1. The summed E-state index contributed by atoms with van der Waals surface area (Å²) >= 11 is 0. The smallest absolute Gasteiger partial charge is 0.240 e. The van der Waals surface area contributed by atoms with Gasteiger partial charge in [-0.15, -0.1) is 0 Å². The number of aromatic nitrogens is 3. The standard InChI is InChI=1S/C26H17N3O5/c30-16-8-5-14(6-9-16)22-23(18-12-34-21-4-2-1-3-17(21)24(18)31)29(26(33)25(22)32)15-7-10-19-20(11-15)28-13-27-19/h1-13,30,32-33H,(H,27,28). The molecule has 3 aromatic carbocycles. The molecule has 6 aromatic rings. The van der Waals surface area contributed by atoms with Crippen LogP contribution in [0.15, 0.2) is 88.5 Å². The molecule has 0 bridgehead atoms. The summed E-state index contributed by atoms with van der Waals surface area (Å²) in [6, 6.07) is 18.2. The molecule has 0 saturated carbocycles. The number of hydrogen-bond donors (Lipinski definition) is 4. The Bertz CT molecular complexity index is 1760. The molecule has 0 amide bonds. The fraction of sp³-hybridized carbons (Fsp3) is 0. The molecule has 3 aromatic heterocycles. The van der Waals surface area contributed by atoms with Gasteiger partial charge in [-0.1, -0.05) is 24.3 Å². The van der Waals surface area contributed by atoms with Crippen molar-refractivity contribution in [3.05, 3.63) is 89.5 Å². The Balaban J connectivity index is 1.73. The number of benzene rings is 3. The summed E-state index contributed by atoms with van der Waals surface area (Å²) in [5.74, 6) is -0.800. The fourth-order valence-electron chi connectivity index (χ4n) is 4.26. The van der Waals surface area contributed by atoms with Gasteiger partial charge >= 0.3 is 0 Å². The van der Waals surface area contributed by atoms with Gasteiger partial charge in [-0.05, 0) is 48.0 Å². The first-order valence-corrected chi connectivity index (χ1v) is 10.4. The second-order valence-corrected chi connectivity index (χ2v) is 7.86. The van der Waals surface area contributed by atoms with Gasteiger partial charge in [0.05, 0.1) is 45.3 Å². The Kier molecular flexibility index (Phi) is 4.21. The van der Waals surface area contributed by atoms with Crippen LogP contribution in [0.3, 0.4) is 0 Å². The van der Waals surface area contributed by atoms with Crippen LogP contribution in [-0.2, 0) is 0 Å². The first-order chi connectivity index (χ1) is 16.5. The molecule has 4 N–H and O–H groups in total. The minimum Gasteiger partial charge on any atom is -0.508 e. The van der Waals surface area contributed by atoms with Gasteiger partial charge in [0, 0.05) is 0 Å². The number of phenols is 1. The Hall–Kier alpha value is -4.98. The number of nitrogens with zero attached hydrogens (tertiary/aromatic N) is 2.